The lowest BCUT2D eigenvalue weighted by molar-refractivity contribution is -0.135. The second-order valence-electron chi connectivity index (χ2n) is 4.27. The molecule has 0 unspecified atom stereocenters. The fourth-order valence-corrected chi connectivity index (χ4v) is 1.75. The summed E-state index contributed by atoms with van der Waals surface area (Å²) in [5.74, 6) is -0.859. The maximum atomic E-state index is 12.1. The van der Waals surface area contributed by atoms with Crippen molar-refractivity contribution in [3.8, 4) is 0 Å². The van der Waals surface area contributed by atoms with Crippen LogP contribution in [0.3, 0.4) is 0 Å². The molecule has 2 aromatic rings. The van der Waals surface area contributed by atoms with E-state index in [0.29, 0.717) is 11.3 Å². The molecule has 4 heteroatoms. The third-order valence-electron chi connectivity index (χ3n) is 2.79. The predicted molar refractivity (Wildman–Crippen MR) is 80.9 cm³/mol. The topological polar surface area (TPSA) is 55.4 Å². The van der Waals surface area contributed by atoms with E-state index in [4.69, 9.17) is 4.74 Å². The van der Waals surface area contributed by atoms with Gasteiger partial charge in [0, 0.05) is 17.3 Å². The lowest BCUT2D eigenvalue weighted by Crippen LogP contribution is -2.15. The van der Waals surface area contributed by atoms with Crippen LogP contribution in [0.5, 0.6) is 0 Å². The minimum Gasteiger partial charge on any atom is -0.464 e. The van der Waals surface area contributed by atoms with Gasteiger partial charge in [0.05, 0.1) is 7.11 Å². The van der Waals surface area contributed by atoms with Gasteiger partial charge in [-0.05, 0) is 12.1 Å². The molecule has 0 radical (unpaired) electrons. The standard InChI is InChI=1S/C17H15NO3/c1-21-17(20)15(18-14-10-6-3-7-11-14)12-16(19)13-8-4-2-5-9-13/h2-12,18H,1H3/b15-12+. The summed E-state index contributed by atoms with van der Waals surface area (Å²) >= 11 is 0. The lowest BCUT2D eigenvalue weighted by Gasteiger charge is -2.08. The molecule has 0 aliphatic rings. The van der Waals surface area contributed by atoms with Gasteiger partial charge in [-0.2, -0.15) is 0 Å². The van der Waals surface area contributed by atoms with E-state index in [2.05, 4.69) is 5.32 Å². The second-order valence-corrected chi connectivity index (χ2v) is 4.27. The molecule has 0 aromatic heterocycles. The van der Waals surface area contributed by atoms with Crippen molar-refractivity contribution in [2.75, 3.05) is 12.4 Å². The van der Waals surface area contributed by atoms with Crippen LogP contribution in [0.2, 0.25) is 0 Å². The fourth-order valence-electron chi connectivity index (χ4n) is 1.75. The number of hydrogen-bond acceptors (Lipinski definition) is 4. The first-order valence-corrected chi connectivity index (χ1v) is 6.42. The van der Waals surface area contributed by atoms with Crippen LogP contribution in [0.4, 0.5) is 5.69 Å². The molecule has 0 bridgehead atoms. The van der Waals surface area contributed by atoms with Crippen molar-refractivity contribution in [3.05, 3.63) is 78.0 Å². The average Bonchev–Trinajstić information content (AvgIpc) is 2.55. The first-order chi connectivity index (χ1) is 10.2. The van der Waals surface area contributed by atoms with Gasteiger partial charge >= 0.3 is 5.97 Å². The molecule has 2 aromatic carbocycles. The Kier molecular flexibility index (Phi) is 4.88. The van der Waals surface area contributed by atoms with E-state index in [1.807, 2.05) is 24.3 Å². The number of para-hydroxylation sites is 1. The monoisotopic (exact) mass is 281 g/mol. The van der Waals surface area contributed by atoms with E-state index in [1.54, 1.807) is 36.4 Å². The molecular formula is C17H15NO3. The summed E-state index contributed by atoms with van der Waals surface area (Å²) in [6.07, 6.45) is 1.24. The Balaban J connectivity index is 2.26. The SMILES string of the molecule is COC(=O)/C(=C\C(=O)c1ccccc1)Nc1ccccc1. The van der Waals surface area contributed by atoms with Crippen LogP contribution in [-0.2, 0) is 9.53 Å². The highest BCUT2D eigenvalue weighted by molar-refractivity contribution is 6.09. The van der Waals surface area contributed by atoms with Crippen molar-refractivity contribution in [2.45, 2.75) is 0 Å². The van der Waals surface area contributed by atoms with Crippen molar-refractivity contribution in [1.82, 2.24) is 0 Å². The largest absolute Gasteiger partial charge is 0.464 e. The fraction of sp³-hybridized carbons (Fsp3) is 0.0588. The van der Waals surface area contributed by atoms with E-state index in [1.165, 1.54) is 13.2 Å². The molecule has 2 rings (SSSR count). The summed E-state index contributed by atoms with van der Waals surface area (Å²) in [6.45, 7) is 0. The number of anilines is 1. The summed E-state index contributed by atoms with van der Waals surface area (Å²) in [7, 11) is 1.27. The van der Waals surface area contributed by atoms with Gasteiger partial charge in [-0.1, -0.05) is 48.5 Å². The highest BCUT2D eigenvalue weighted by Crippen LogP contribution is 2.11. The Hall–Kier alpha value is -2.88. The maximum Gasteiger partial charge on any atom is 0.354 e. The molecule has 0 saturated heterocycles. The predicted octanol–water partition coefficient (Wildman–Crippen LogP) is 3.04. The van der Waals surface area contributed by atoms with Crippen molar-refractivity contribution in [1.29, 1.82) is 0 Å². The maximum absolute atomic E-state index is 12.1. The minimum atomic E-state index is -0.594. The summed E-state index contributed by atoms with van der Waals surface area (Å²) < 4.78 is 4.70. The van der Waals surface area contributed by atoms with Gasteiger partial charge in [0.2, 0.25) is 0 Å². The van der Waals surface area contributed by atoms with Gasteiger partial charge in [-0.25, -0.2) is 4.79 Å². The van der Waals surface area contributed by atoms with Crippen LogP contribution in [0, 0.1) is 0 Å². The van der Waals surface area contributed by atoms with E-state index >= 15 is 0 Å². The number of carbonyl (C=O) groups excluding carboxylic acids is 2. The highest BCUT2D eigenvalue weighted by atomic mass is 16.5. The highest BCUT2D eigenvalue weighted by Gasteiger charge is 2.13. The first-order valence-electron chi connectivity index (χ1n) is 6.42. The van der Waals surface area contributed by atoms with Crippen LogP contribution >= 0.6 is 0 Å². The Bertz CT molecular complexity index is 648. The smallest absolute Gasteiger partial charge is 0.354 e. The number of hydrogen-bond donors (Lipinski definition) is 1. The van der Waals surface area contributed by atoms with Crippen LogP contribution in [0.25, 0.3) is 0 Å². The summed E-state index contributed by atoms with van der Waals surface area (Å²) in [5, 5.41) is 2.90. The first kappa shape index (κ1) is 14.5. The number of benzene rings is 2. The van der Waals surface area contributed by atoms with E-state index in [9.17, 15) is 9.59 Å². The molecule has 0 amide bonds. The molecule has 106 valence electrons. The second kappa shape index (κ2) is 7.05. The van der Waals surface area contributed by atoms with E-state index in [0.717, 1.165) is 0 Å². The Morgan fingerprint density at radius 1 is 0.952 bits per heavy atom. The normalized spacial score (nSPS) is 10.8. The molecule has 0 aliphatic carbocycles. The molecule has 0 heterocycles. The molecule has 1 N–H and O–H groups in total. The van der Waals surface area contributed by atoms with Gasteiger partial charge in [-0.15, -0.1) is 0 Å². The van der Waals surface area contributed by atoms with E-state index < -0.39 is 5.97 Å². The van der Waals surface area contributed by atoms with Gasteiger partial charge in [0.25, 0.3) is 0 Å². The molecule has 0 saturated carbocycles. The zero-order valence-electron chi connectivity index (χ0n) is 11.6. The Morgan fingerprint density at radius 2 is 1.52 bits per heavy atom. The quantitative estimate of drug-likeness (QED) is 0.520. The number of carbonyl (C=O) groups is 2. The molecule has 0 aliphatic heterocycles. The average molecular weight is 281 g/mol. The van der Waals surface area contributed by atoms with Crippen LogP contribution in [-0.4, -0.2) is 18.9 Å². The molecule has 21 heavy (non-hydrogen) atoms. The lowest BCUT2D eigenvalue weighted by atomic mass is 10.1. The number of ketones is 1. The third kappa shape index (κ3) is 4.04. The van der Waals surface area contributed by atoms with Gasteiger partial charge in [0.1, 0.15) is 5.70 Å². The van der Waals surface area contributed by atoms with Crippen LogP contribution < -0.4 is 5.32 Å². The zero-order chi connectivity index (χ0) is 15.1. The summed E-state index contributed by atoms with van der Waals surface area (Å²) in [4.78, 5) is 23.9. The van der Waals surface area contributed by atoms with E-state index in [-0.39, 0.29) is 11.5 Å². The van der Waals surface area contributed by atoms with Crippen molar-refractivity contribution < 1.29 is 14.3 Å². The number of allylic oxidation sites excluding steroid dienone is 1. The van der Waals surface area contributed by atoms with Gasteiger partial charge in [0.15, 0.2) is 5.78 Å². The number of ether oxygens (including phenoxy) is 1. The van der Waals surface area contributed by atoms with Crippen LogP contribution in [0.15, 0.2) is 72.4 Å². The zero-order valence-corrected chi connectivity index (χ0v) is 11.6. The number of nitrogens with one attached hydrogen (secondary N) is 1. The molecule has 0 fully saturated rings. The molecule has 0 spiro atoms. The molecular weight excluding hydrogens is 266 g/mol. The van der Waals surface area contributed by atoms with Crippen molar-refractivity contribution in [2.24, 2.45) is 0 Å². The Labute approximate surface area is 123 Å². The minimum absolute atomic E-state index is 0.0950. The number of methoxy groups -OCH3 is 1. The van der Waals surface area contributed by atoms with Gasteiger partial charge in [-0.3, -0.25) is 4.79 Å². The number of rotatable bonds is 5. The third-order valence-corrected chi connectivity index (χ3v) is 2.79. The summed E-state index contributed by atoms with van der Waals surface area (Å²) in [6, 6.07) is 17.9. The molecule has 0 atom stereocenters. The van der Waals surface area contributed by atoms with Crippen molar-refractivity contribution >= 4 is 17.4 Å². The molecule has 4 nitrogen and oxygen atoms in total. The number of esters is 1. The van der Waals surface area contributed by atoms with Crippen LogP contribution in [0.1, 0.15) is 10.4 Å². The summed E-state index contributed by atoms with van der Waals surface area (Å²) in [5.41, 5.74) is 1.31. The van der Waals surface area contributed by atoms with Gasteiger partial charge < -0.3 is 10.1 Å². The Morgan fingerprint density at radius 3 is 2.10 bits per heavy atom. The van der Waals surface area contributed by atoms with Crippen molar-refractivity contribution in [3.63, 3.8) is 0 Å².